The molecule has 0 saturated carbocycles. The van der Waals surface area contributed by atoms with E-state index in [4.69, 9.17) is 10.00 Å². The molecule has 1 fully saturated rings. The smallest absolute Gasteiger partial charge is 0.246 e. The van der Waals surface area contributed by atoms with Gasteiger partial charge >= 0.3 is 0 Å². The maximum absolute atomic E-state index is 12.4. The van der Waals surface area contributed by atoms with Crippen molar-refractivity contribution in [1.82, 2.24) is 14.8 Å². The Morgan fingerprint density at radius 1 is 1.11 bits per heavy atom. The van der Waals surface area contributed by atoms with E-state index >= 15 is 0 Å². The summed E-state index contributed by atoms with van der Waals surface area (Å²) in [5.41, 5.74) is 2.16. The molecule has 3 rings (SSSR count). The lowest BCUT2D eigenvalue weighted by atomic mass is 10.2. The molecule has 1 saturated heterocycles. The third-order valence-corrected chi connectivity index (χ3v) is 4.44. The molecule has 1 aromatic carbocycles. The number of hydrogen-bond donors (Lipinski definition) is 0. The number of carbonyl (C=O) groups excluding carboxylic acids is 1. The van der Waals surface area contributed by atoms with Gasteiger partial charge in [-0.1, -0.05) is 12.1 Å². The van der Waals surface area contributed by atoms with Crippen LogP contribution in [0, 0.1) is 11.3 Å². The number of benzene rings is 1. The van der Waals surface area contributed by atoms with Gasteiger partial charge in [0.25, 0.3) is 0 Å². The first-order valence-electron chi connectivity index (χ1n) is 8.92. The van der Waals surface area contributed by atoms with Gasteiger partial charge in [0, 0.05) is 51.2 Å². The van der Waals surface area contributed by atoms with E-state index in [9.17, 15) is 4.79 Å². The summed E-state index contributed by atoms with van der Waals surface area (Å²) in [4.78, 5) is 20.7. The maximum atomic E-state index is 12.4. The van der Waals surface area contributed by atoms with Crippen LogP contribution in [0.1, 0.15) is 11.1 Å². The van der Waals surface area contributed by atoms with Crippen molar-refractivity contribution >= 4 is 12.0 Å². The molecule has 27 heavy (non-hydrogen) atoms. The molecule has 1 aliphatic rings. The first-order valence-corrected chi connectivity index (χ1v) is 8.92. The van der Waals surface area contributed by atoms with E-state index in [0.29, 0.717) is 5.75 Å². The lowest BCUT2D eigenvalue weighted by Gasteiger charge is -2.34. The van der Waals surface area contributed by atoms with E-state index in [1.165, 1.54) is 5.56 Å². The van der Waals surface area contributed by atoms with Gasteiger partial charge in [0.1, 0.15) is 11.8 Å². The number of hydrogen-bond acceptors (Lipinski definition) is 5. The van der Waals surface area contributed by atoms with Crippen LogP contribution < -0.4 is 4.74 Å². The van der Waals surface area contributed by atoms with Gasteiger partial charge in [0.15, 0.2) is 6.61 Å². The molecule has 1 aromatic heterocycles. The van der Waals surface area contributed by atoms with Gasteiger partial charge in [-0.3, -0.25) is 14.7 Å². The molecule has 0 unspecified atom stereocenters. The number of pyridine rings is 1. The third kappa shape index (κ3) is 5.66. The molecule has 0 aliphatic carbocycles. The first-order chi connectivity index (χ1) is 13.2. The number of amides is 1. The summed E-state index contributed by atoms with van der Waals surface area (Å²) in [6, 6.07) is 13.3. The summed E-state index contributed by atoms with van der Waals surface area (Å²) >= 11 is 0. The largest absolute Gasteiger partial charge is 0.479 e. The Hall–Kier alpha value is -3.17. The highest BCUT2D eigenvalue weighted by Crippen LogP contribution is 2.14. The molecule has 0 spiro atoms. The number of carbonyl (C=O) groups is 1. The molecule has 0 radical (unpaired) electrons. The highest BCUT2D eigenvalue weighted by atomic mass is 16.5. The average molecular weight is 362 g/mol. The molecule has 2 heterocycles. The molecule has 1 aliphatic heterocycles. The molecule has 6 nitrogen and oxygen atoms in total. The summed E-state index contributed by atoms with van der Waals surface area (Å²) < 4.78 is 5.22. The minimum Gasteiger partial charge on any atom is -0.479 e. The second kappa shape index (κ2) is 9.51. The number of ether oxygens (including phenoxy) is 1. The van der Waals surface area contributed by atoms with E-state index in [-0.39, 0.29) is 12.5 Å². The van der Waals surface area contributed by atoms with Crippen LogP contribution in [0.2, 0.25) is 0 Å². The van der Waals surface area contributed by atoms with Crippen LogP contribution in [0.5, 0.6) is 5.75 Å². The zero-order valence-electron chi connectivity index (χ0n) is 15.1. The standard InChI is InChI=1S/C21H22N4O2/c22-9-16-27-20-4-1-18(2-5-20)3-6-21(26)25-14-12-24(13-15-25)17-19-7-10-23-11-8-19/h1-8,10-11H,12-17H2/b6-3+. The second-order valence-corrected chi connectivity index (χ2v) is 6.31. The summed E-state index contributed by atoms with van der Waals surface area (Å²) in [7, 11) is 0. The SMILES string of the molecule is N#CCOc1ccc(/C=C/C(=O)N2CCN(Cc3ccncc3)CC2)cc1. The lowest BCUT2D eigenvalue weighted by molar-refractivity contribution is -0.127. The van der Waals surface area contributed by atoms with Crippen LogP contribution in [0.3, 0.4) is 0 Å². The molecule has 0 atom stereocenters. The van der Waals surface area contributed by atoms with Crippen molar-refractivity contribution in [2.75, 3.05) is 32.8 Å². The lowest BCUT2D eigenvalue weighted by Crippen LogP contribution is -2.47. The van der Waals surface area contributed by atoms with Gasteiger partial charge in [-0.15, -0.1) is 0 Å². The molecular formula is C21H22N4O2. The normalized spacial score (nSPS) is 14.9. The summed E-state index contributed by atoms with van der Waals surface area (Å²) in [5.74, 6) is 0.675. The Kier molecular flexibility index (Phi) is 6.55. The molecule has 0 bridgehead atoms. The monoisotopic (exact) mass is 362 g/mol. The van der Waals surface area contributed by atoms with Crippen molar-refractivity contribution in [3.63, 3.8) is 0 Å². The number of nitrogens with zero attached hydrogens (tertiary/aromatic N) is 4. The van der Waals surface area contributed by atoms with Crippen LogP contribution in [0.25, 0.3) is 6.08 Å². The number of nitriles is 1. The first kappa shape index (κ1) is 18.6. The molecule has 1 amide bonds. The van der Waals surface area contributed by atoms with Gasteiger partial charge in [0.05, 0.1) is 0 Å². The zero-order chi connectivity index (χ0) is 18.9. The molecular weight excluding hydrogens is 340 g/mol. The van der Waals surface area contributed by atoms with Gasteiger partial charge in [0.2, 0.25) is 5.91 Å². The predicted molar refractivity (Wildman–Crippen MR) is 103 cm³/mol. The molecule has 2 aromatic rings. The fourth-order valence-electron chi connectivity index (χ4n) is 2.94. The van der Waals surface area contributed by atoms with Crippen molar-refractivity contribution in [3.8, 4) is 11.8 Å². The highest BCUT2D eigenvalue weighted by Gasteiger charge is 2.19. The maximum Gasteiger partial charge on any atom is 0.246 e. The van der Waals surface area contributed by atoms with Crippen molar-refractivity contribution in [1.29, 1.82) is 5.26 Å². The fraction of sp³-hybridized carbons (Fsp3) is 0.286. The average Bonchev–Trinajstić information content (AvgIpc) is 2.72. The number of piperazine rings is 1. The number of rotatable bonds is 6. The highest BCUT2D eigenvalue weighted by molar-refractivity contribution is 5.91. The second-order valence-electron chi connectivity index (χ2n) is 6.31. The van der Waals surface area contributed by atoms with Crippen LogP contribution in [-0.2, 0) is 11.3 Å². The van der Waals surface area contributed by atoms with E-state index in [2.05, 4.69) is 9.88 Å². The summed E-state index contributed by atoms with van der Waals surface area (Å²) in [5, 5.41) is 8.51. The topological polar surface area (TPSA) is 69.5 Å². The Morgan fingerprint density at radius 3 is 2.48 bits per heavy atom. The van der Waals surface area contributed by atoms with Gasteiger partial charge in [-0.2, -0.15) is 5.26 Å². The molecule has 138 valence electrons. The summed E-state index contributed by atoms with van der Waals surface area (Å²) in [6.07, 6.45) is 7.04. The third-order valence-electron chi connectivity index (χ3n) is 4.44. The van der Waals surface area contributed by atoms with E-state index in [0.717, 1.165) is 38.3 Å². The van der Waals surface area contributed by atoms with Crippen molar-refractivity contribution in [2.24, 2.45) is 0 Å². The van der Waals surface area contributed by atoms with Crippen LogP contribution in [0.4, 0.5) is 0 Å². The Balaban J connectivity index is 1.46. The van der Waals surface area contributed by atoms with E-state index in [1.807, 2.05) is 47.6 Å². The minimum absolute atomic E-state index is 0.0286. The van der Waals surface area contributed by atoms with Crippen LogP contribution in [-0.4, -0.2) is 53.5 Å². The van der Waals surface area contributed by atoms with Gasteiger partial charge in [-0.05, 0) is 41.5 Å². The Morgan fingerprint density at radius 2 is 1.81 bits per heavy atom. The Labute approximate surface area is 159 Å². The van der Waals surface area contributed by atoms with Gasteiger partial charge < -0.3 is 9.64 Å². The van der Waals surface area contributed by atoms with Crippen LogP contribution >= 0.6 is 0 Å². The zero-order valence-corrected chi connectivity index (χ0v) is 15.1. The Bertz CT molecular complexity index is 804. The number of aromatic nitrogens is 1. The predicted octanol–water partition coefficient (Wildman–Crippen LogP) is 2.34. The molecule has 0 N–H and O–H groups in total. The van der Waals surface area contributed by atoms with E-state index < -0.39 is 0 Å². The quantitative estimate of drug-likeness (QED) is 0.738. The van der Waals surface area contributed by atoms with Crippen molar-refractivity contribution in [3.05, 3.63) is 66.0 Å². The van der Waals surface area contributed by atoms with Crippen molar-refractivity contribution in [2.45, 2.75) is 6.54 Å². The van der Waals surface area contributed by atoms with Crippen molar-refractivity contribution < 1.29 is 9.53 Å². The summed E-state index contributed by atoms with van der Waals surface area (Å²) in [6.45, 7) is 4.12. The fourth-order valence-corrected chi connectivity index (χ4v) is 2.94. The minimum atomic E-state index is 0.0286. The van der Waals surface area contributed by atoms with Crippen LogP contribution in [0.15, 0.2) is 54.9 Å². The van der Waals surface area contributed by atoms with E-state index in [1.54, 1.807) is 24.3 Å². The molecule has 6 heteroatoms. The van der Waals surface area contributed by atoms with Gasteiger partial charge in [-0.25, -0.2) is 0 Å².